The molecule has 0 saturated carbocycles. The molecular formula is C20H16ClN5O4S. The molecule has 0 atom stereocenters. The van der Waals surface area contributed by atoms with Crippen LogP contribution >= 0.6 is 22.9 Å². The van der Waals surface area contributed by atoms with Crippen molar-refractivity contribution in [3.8, 4) is 11.1 Å². The van der Waals surface area contributed by atoms with Gasteiger partial charge in [-0.3, -0.25) is 28.1 Å². The van der Waals surface area contributed by atoms with Crippen LogP contribution < -0.4 is 22.5 Å². The highest BCUT2D eigenvalue weighted by Crippen LogP contribution is 2.31. The Balaban J connectivity index is 1.81. The Hall–Kier alpha value is -3.50. The number of benzene rings is 1. The van der Waals surface area contributed by atoms with E-state index in [0.717, 1.165) is 19.3 Å². The number of rotatable bonds is 4. The minimum absolute atomic E-state index is 0.252. The number of aromatic nitrogens is 4. The van der Waals surface area contributed by atoms with Gasteiger partial charge in [-0.2, -0.15) is 0 Å². The molecular weight excluding hydrogens is 442 g/mol. The summed E-state index contributed by atoms with van der Waals surface area (Å²) in [5.41, 5.74) is 5.07. The van der Waals surface area contributed by atoms with Crippen molar-refractivity contribution in [2.75, 3.05) is 5.73 Å². The van der Waals surface area contributed by atoms with Crippen molar-refractivity contribution in [1.82, 2.24) is 18.7 Å². The first-order valence-electron chi connectivity index (χ1n) is 9.02. The minimum atomic E-state index is -0.815. The summed E-state index contributed by atoms with van der Waals surface area (Å²) in [7, 11) is 2.61. The Morgan fingerprint density at radius 2 is 1.77 bits per heavy atom. The fourth-order valence-corrected chi connectivity index (χ4v) is 4.31. The van der Waals surface area contributed by atoms with Crippen LogP contribution in [0.3, 0.4) is 0 Å². The third kappa shape index (κ3) is 3.39. The molecule has 31 heavy (non-hydrogen) atoms. The second kappa shape index (κ2) is 7.64. The van der Waals surface area contributed by atoms with E-state index in [1.54, 1.807) is 24.3 Å². The number of Topliss-reactive ketones (excluding diaryl/α,β-unsaturated/α-hetero) is 1. The predicted molar refractivity (Wildman–Crippen MR) is 120 cm³/mol. The molecule has 0 aliphatic heterocycles. The van der Waals surface area contributed by atoms with Gasteiger partial charge in [0.05, 0.1) is 18.3 Å². The third-order valence-electron chi connectivity index (χ3n) is 5.02. The van der Waals surface area contributed by atoms with Gasteiger partial charge in [-0.15, -0.1) is 11.3 Å². The average Bonchev–Trinajstić information content (AvgIpc) is 3.18. The zero-order valence-electron chi connectivity index (χ0n) is 16.5. The highest BCUT2D eigenvalue weighted by Gasteiger charge is 2.22. The van der Waals surface area contributed by atoms with Crippen LogP contribution in [0.15, 0.2) is 50.4 Å². The van der Waals surface area contributed by atoms with Gasteiger partial charge in [-0.05, 0) is 17.7 Å². The number of nitrogens with two attached hydrogens (primary N) is 1. The zero-order chi connectivity index (χ0) is 22.4. The number of carbonyl (C=O) groups excluding carboxylic acids is 1. The van der Waals surface area contributed by atoms with Crippen LogP contribution in [0.25, 0.3) is 21.3 Å². The summed E-state index contributed by atoms with van der Waals surface area (Å²) in [6.07, 6.45) is 1.26. The van der Waals surface area contributed by atoms with Crippen LogP contribution in [0.5, 0.6) is 0 Å². The quantitative estimate of drug-likeness (QED) is 0.465. The number of ketones is 1. The largest absolute Gasteiger partial charge is 0.384 e. The normalized spacial score (nSPS) is 11.2. The van der Waals surface area contributed by atoms with E-state index in [1.807, 2.05) is 5.38 Å². The Morgan fingerprint density at radius 3 is 2.45 bits per heavy atom. The third-order valence-corrected chi connectivity index (χ3v) is 6.16. The van der Waals surface area contributed by atoms with Crippen molar-refractivity contribution >= 4 is 44.8 Å². The maximum absolute atomic E-state index is 13.2. The summed E-state index contributed by atoms with van der Waals surface area (Å²) in [6.45, 7) is -0.449. The van der Waals surface area contributed by atoms with E-state index in [9.17, 15) is 19.2 Å². The molecule has 0 bridgehead atoms. The Labute approximate surface area is 183 Å². The summed E-state index contributed by atoms with van der Waals surface area (Å²) in [5.74, 6) is -0.946. The van der Waals surface area contributed by atoms with Crippen molar-refractivity contribution in [2.24, 2.45) is 14.1 Å². The molecule has 158 valence electrons. The fraction of sp³-hybridized carbons (Fsp3) is 0.150. The van der Waals surface area contributed by atoms with Crippen LogP contribution in [0.2, 0.25) is 5.02 Å². The first kappa shape index (κ1) is 20.8. The van der Waals surface area contributed by atoms with Crippen LogP contribution in [-0.4, -0.2) is 24.5 Å². The molecule has 1 aromatic carbocycles. The van der Waals surface area contributed by atoms with Crippen LogP contribution in [0.1, 0.15) is 10.4 Å². The van der Waals surface area contributed by atoms with E-state index in [0.29, 0.717) is 20.8 Å². The molecule has 3 aromatic heterocycles. The molecule has 0 aliphatic carbocycles. The number of hydrogen-bond acceptors (Lipinski definition) is 7. The van der Waals surface area contributed by atoms with E-state index in [2.05, 4.69) is 4.98 Å². The van der Waals surface area contributed by atoms with E-state index >= 15 is 0 Å². The number of nitrogens with zero attached hydrogens (tertiary/aromatic N) is 4. The number of carbonyl (C=O) groups is 1. The second-order valence-corrected chi connectivity index (χ2v) is 8.20. The highest BCUT2D eigenvalue weighted by molar-refractivity contribution is 7.17. The molecule has 0 amide bonds. The Kier molecular flexibility index (Phi) is 5.11. The van der Waals surface area contributed by atoms with Crippen molar-refractivity contribution in [3.63, 3.8) is 0 Å². The van der Waals surface area contributed by atoms with Gasteiger partial charge in [0.1, 0.15) is 16.2 Å². The minimum Gasteiger partial charge on any atom is -0.384 e. The number of nitrogen functional groups attached to an aromatic ring is 1. The van der Waals surface area contributed by atoms with Gasteiger partial charge in [-0.25, -0.2) is 9.78 Å². The Morgan fingerprint density at radius 1 is 1.10 bits per heavy atom. The standard InChI is InChI=1S/C20H16ClN5O4S/c1-24-16(22)15(18(28)25(2)20(24)30)13(27)7-26-9-23-17-14(19(26)29)12(8-31-17)10-3-5-11(21)6-4-10/h3-6,8-9H,7,22H2,1-2H3. The first-order chi connectivity index (χ1) is 14.7. The molecule has 0 fully saturated rings. The van der Waals surface area contributed by atoms with Crippen molar-refractivity contribution in [3.05, 3.63) is 77.8 Å². The van der Waals surface area contributed by atoms with Crippen molar-refractivity contribution < 1.29 is 4.79 Å². The van der Waals surface area contributed by atoms with Gasteiger partial charge in [-0.1, -0.05) is 23.7 Å². The summed E-state index contributed by atoms with van der Waals surface area (Å²) in [4.78, 5) is 55.3. The topological polar surface area (TPSA) is 122 Å². The first-order valence-corrected chi connectivity index (χ1v) is 10.3. The number of hydrogen-bond donors (Lipinski definition) is 1. The second-order valence-electron chi connectivity index (χ2n) is 6.90. The molecule has 3 heterocycles. The van der Waals surface area contributed by atoms with Gasteiger partial charge < -0.3 is 5.73 Å². The van der Waals surface area contributed by atoms with Gasteiger partial charge in [0.15, 0.2) is 5.78 Å². The molecule has 4 rings (SSSR count). The summed E-state index contributed by atoms with van der Waals surface area (Å²) < 4.78 is 2.93. The lowest BCUT2D eigenvalue weighted by molar-refractivity contribution is 0.0968. The monoisotopic (exact) mass is 457 g/mol. The molecule has 0 radical (unpaired) electrons. The molecule has 0 aliphatic rings. The smallest absolute Gasteiger partial charge is 0.332 e. The number of halogens is 1. The van der Waals surface area contributed by atoms with E-state index in [4.69, 9.17) is 17.3 Å². The predicted octanol–water partition coefficient (Wildman–Crippen LogP) is 1.64. The van der Waals surface area contributed by atoms with Gasteiger partial charge in [0, 0.05) is 30.1 Å². The maximum atomic E-state index is 13.2. The van der Waals surface area contributed by atoms with Gasteiger partial charge >= 0.3 is 5.69 Å². The number of anilines is 1. The van der Waals surface area contributed by atoms with E-state index in [1.165, 1.54) is 31.8 Å². The van der Waals surface area contributed by atoms with Crippen molar-refractivity contribution in [1.29, 1.82) is 0 Å². The molecule has 0 saturated heterocycles. The highest BCUT2D eigenvalue weighted by atomic mass is 35.5. The average molecular weight is 458 g/mol. The van der Waals surface area contributed by atoms with Gasteiger partial charge in [0.2, 0.25) is 0 Å². The van der Waals surface area contributed by atoms with Crippen LogP contribution in [0, 0.1) is 0 Å². The van der Waals surface area contributed by atoms with E-state index in [-0.39, 0.29) is 11.4 Å². The van der Waals surface area contributed by atoms with Crippen molar-refractivity contribution in [2.45, 2.75) is 6.54 Å². The number of fused-ring (bicyclic) bond motifs is 1. The lowest BCUT2D eigenvalue weighted by atomic mass is 10.1. The SMILES string of the molecule is Cn1c(N)c(C(=O)Cn2cnc3scc(-c4ccc(Cl)cc4)c3c2=O)c(=O)n(C)c1=O. The van der Waals surface area contributed by atoms with Crippen LogP contribution in [0.4, 0.5) is 5.82 Å². The van der Waals surface area contributed by atoms with Crippen LogP contribution in [-0.2, 0) is 20.6 Å². The van der Waals surface area contributed by atoms with Gasteiger partial charge in [0.25, 0.3) is 11.1 Å². The Bertz CT molecular complexity index is 1530. The summed E-state index contributed by atoms with van der Waals surface area (Å²) in [5, 5.41) is 2.75. The lowest BCUT2D eigenvalue weighted by Crippen LogP contribution is -2.42. The van der Waals surface area contributed by atoms with E-state index < -0.39 is 29.1 Å². The zero-order valence-corrected chi connectivity index (χ0v) is 18.0. The maximum Gasteiger partial charge on any atom is 0.332 e. The number of thiophene rings is 1. The fourth-order valence-electron chi connectivity index (χ4n) is 3.28. The molecule has 2 N–H and O–H groups in total. The molecule has 4 aromatic rings. The summed E-state index contributed by atoms with van der Waals surface area (Å²) >= 11 is 7.26. The summed E-state index contributed by atoms with van der Waals surface area (Å²) in [6, 6.07) is 7.02. The molecule has 0 spiro atoms. The molecule has 0 unspecified atom stereocenters. The molecule has 9 nitrogen and oxygen atoms in total. The molecule has 11 heteroatoms. The lowest BCUT2D eigenvalue weighted by Gasteiger charge is -2.11.